The molecule has 0 aliphatic heterocycles. The second-order valence-electron chi connectivity index (χ2n) is 9.73. The fourth-order valence-electron chi connectivity index (χ4n) is 3.80. The third kappa shape index (κ3) is 7.71. The van der Waals surface area contributed by atoms with Gasteiger partial charge in [0.15, 0.2) is 6.10 Å². The van der Waals surface area contributed by atoms with Gasteiger partial charge in [0.2, 0.25) is 5.79 Å². The van der Waals surface area contributed by atoms with E-state index < -0.39 is 61.5 Å². The maximum absolute atomic E-state index is 16.0. The Morgan fingerprint density at radius 3 is 2.43 bits per heavy atom. The third-order valence-corrected chi connectivity index (χ3v) is 8.24. The number of H-pyrrole nitrogens is 1. The number of nitrogens with zero attached hydrogens (tertiary/aromatic N) is 1. The molecule has 1 aromatic heterocycles. The number of esters is 1. The fourth-order valence-corrected chi connectivity index (χ4v) is 5.60. The molecule has 16 heteroatoms. The van der Waals surface area contributed by atoms with Crippen LogP contribution in [0.25, 0.3) is 10.8 Å². The highest BCUT2D eigenvalue weighted by Crippen LogP contribution is 2.47. The summed E-state index contributed by atoms with van der Waals surface area (Å²) in [6.07, 6.45) is -2.58. The summed E-state index contributed by atoms with van der Waals surface area (Å²) in [6, 6.07) is 10.5. The minimum absolute atomic E-state index is 0.0105. The number of rotatable bonds is 13. The predicted molar refractivity (Wildman–Crippen MR) is 153 cm³/mol. The van der Waals surface area contributed by atoms with E-state index in [1.54, 1.807) is 32.0 Å². The number of aliphatic hydroxyl groups is 1. The summed E-state index contributed by atoms with van der Waals surface area (Å²) in [5.41, 5.74) is -2.18. The van der Waals surface area contributed by atoms with E-state index in [1.165, 1.54) is 19.1 Å². The number of hydrogen-bond donors (Lipinski definition) is 3. The molecule has 3 rings (SSSR count). The second kappa shape index (κ2) is 13.1. The lowest BCUT2D eigenvalue weighted by Crippen LogP contribution is -2.57. The number of ether oxygens (including phenoxy) is 2. The maximum atomic E-state index is 16.0. The molecule has 3 aromatic rings. The van der Waals surface area contributed by atoms with Gasteiger partial charge < -0.3 is 19.1 Å². The molecular formula is C26H31BrF2N3O9P. The normalized spacial score (nSPS) is 17.6. The van der Waals surface area contributed by atoms with Crippen molar-refractivity contribution in [2.45, 2.75) is 57.6 Å². The number of methoxy groups -OCH3 is 1. The minimum atomic E-state index is -4.70. The summed E-state index contributed by atoms with van der Waals surface area (Å²) in [6.45, 7) is 3.75. The maximum Gasteiger partial charge on any atom is 0.459 e. The van der Waals surface area contributed by atoms with Crippen molar-refractivity contribution in [3.05, 3.63) is 74.0 Å². The van der Waals surface area contributed by atoms with Crippen LogP contribution in [0.1, 0.15) is 27.7 Å². The summed E-state index contributed by atoms with van der Waals surface area (Å²) in [7, 11) is -3.92. The summed E-state index contributed by atoms with van der Waals surface area (Å²) in [5.74, 6) is -7.50. The second-order valence-corrected chi connectivity index (χ2v) is 12.3. The number of carbonyl (C=O) groups is 1. The van der Waals surface area contributed by atoms with E-state index in [4.69, 9.17) is 18.5 Å². The van der Waals surface area contributed by atoms with Crippen LogP contribution in [-0.4, -0.2) is 58.4 Å². The van der Waals surface area contributed by atoms with Crippen LogP contribution in [0.4, 0.5) is 8.78 Å². The van der Waals surface area contributed by atoms with Gasteiger partial charge in [0.25, 0.3) is 11.4 Å². The Morgan fingerprint density at radius 2 is 1.81 bits per heavy atom. The number of benzene rings is 2. The van der Waals surface area contributed by atoms with Crippen LogP contribution in [0.15, 0.2) is 62.7 Å². The Hall–Kier alpha value is -2.94. The monoisotopic (exact) mass is 677 g/mol. The van der Waals surface area contributed by atoms with E-state index in [9.17, 15) is 24.1 Å². The fraction of sp³-hybridized carbons (Fsp3) is 0.423. The summed E-state index contributed by atoms with van der Waals surface area (Å²) < 4.78 is 66.4. The van der Waals surface area contributed by atoms with Crippen LogP contribution in [0.2, 0.25) is 0 Å². The van der Waals surface area contributed by atoms with Crippen molar-refractivity contribution in [3.8, 4) is 5.75 Å². The molecule has 0 amide bonds. The first-order chi connectivity index (χ1) is 19.5. The molecule has 2 aromatic carbocycles. The van der Waals surface area contributed by atoms with E-state index in [0.29, 0.717) is 12.3 Å². The van der Waals surface area contributed by atoms with Crippen molar-refractivity contribution in [1.82, 2.24) is 14.6 Å². The van der Waals surface area contributed by atoms with Gasteiger partial charge in [0.1, 0.15) is 18.4 Å². The molecule has 12 nitrogen and oxygen atoms in total. The molecule has 1 heterocycles. The van der Waals surface area contributed by atoms with E-state index in [-0.39, 0.29) is 14.8 Å². The first-order valence-electron chi connectivity index (χ1n) is 12.6. The number of hydrogen-bond acceptors (Lipinski definition) is 9. The van der Waals surface area contributed by atoms with Gasteiger partial charge in [-0.15, -0.1) is 0 Å². The number of halogens is 3. The molecule has 0 radical (unpaired) electrons. The molecule has 0 fully saturated rings. The Labute approximate surface area is 247 Å². The summed E-state index contributed by atoms with van der Waals surface area (Å²) >= 11 is 2.84. The van der Waals surface area contributed by atoms with Crippen LogP contribution in [-0.2, 0) is 29.1 Å². The number of aliphatic hydroxyl groups excluding tert-OH is 1. The van der Waals surface area contributed by atoms with E-state index >= 15 is 8.78 Å². The number of carbonyl (C=O) groups excluding carboxylic acids is 1. The van der Waals surface area contributed by atoms with Gasteiger partial charge in [-0.3, -0.25) is 23.7 Å². The van der Waals surface area contributed by atoms with Gasteiger partial charge in [-0.05, 0) is 66.5 Å². The standard InChI is InChI=1S/C26H31BrF2N3O9P/c1-15(2)40-22(34)16(3)31-42(37,41-19-11-10-17-8-6-7-9-18(17)12-19)39-14-26(29,38-5)23(35)25(4,28)32-13-20(27)21(33)30-24(32)36/h6-13,15-16,23,35H,14H2,1-5H3,(H,31,37)(H,30,33,36)/t16?,23-,25-,26+,42?/m0/s1. The topological polar surface area (TPSA) is 158 Å². The van der Waals surface area contributed by atoms with Crippen LogP contribution in [0.5, 0.6) is 5.75 Å². The number of aromatic amines is 1. The number of alkyl halides is 2. The largest absolute Gasteiger partial charge is 0.462 e. The molecule has 0 aliphatic carbocycles. The number of fused-ring (bicyclic) bond motifs is 1. The Bertz CT molecular complexity index is 1600. The summed E-state index contributed by atoms with van der Waals surface area (Å²) in [5, 5.41) is 14.7. The Kier molecular flexibility index (Phi) is 10.5. The van der Waals surface area contributed by atoms with Crippen molar-refractivity contribution >= 4 is 40.4 Å². The highest BCUT2D eigenvalue weighted by molar-refractivity contribution is 9.10. The summed E-state index contributed by atoms with van der Waals surface area (Å²) in [4.78, 5) is 38.2. The zero-order valence-electron chi connectivity index (χ0n) is 23.3. The SMILES string of the molecule is CO[C@](F)(COP(=O)(NC(C)C(=O)OC(C)C)Oc1ccc2ccccc2c1)[C@@H](O)[C@@](C)(F)n1cc(Br)c(=O)[nH]c1=O. The number of aromatic nitrogens is 2. The molecule has 0 saturated heterocycles. The van der Waals surface area contributed by atoms with Crippen LogP contribution in [0, 0.1) is 0 Å². The van der Waals surface area contributed by atoms with Gasteiger partial charge >= 0.3 is 19.4 Å². The van der Waals surface area contributed by atoms with Gasteiger partial charge in [0, 0.05) is 13.3 Å². The highest BCUT2D eigenvalue weighted by Gasteiger charge is 2.53. The third-order valence-electron chi connectivity index (χ3n) is 6.05. The first kappa shape index (κ1) is 33.6. The van der Waals surface area contributed by atoms with Crippen LogP contribution in [0.3, 0.4) is 0 Å². The Balaban J connectivity index is 1.94. The molecule has 3 N–H and O–H groups in total. The van der Waals surface area contributed by atoms with Gasteiger partial charge in [-0.25, -0.2) is 18.1 Å². The van der Waals surface area contributed by atoms with Crippen LogP contribution < -0.4 is 20.9 Å². The van der Waals surface area contributed by atoms with Gasteiger partial charge in [-0.2, -0.15) is 5.09 Å². The Morgan fingerprint density at radius 1 is 1.17 bits per heavy atom. The van der Waals surface area contributed by atoms with E-state index in [1.807, 2.05) is 17.1 Å². The predicted octanol–water partition coefficient (Wildman–Crippen LogP) is 3.90. The van der Waals surface area contributed by atoms with Crippen molar-refractivity contribution < 1.29 is 41.8 Å². The van der Waals surface area contributed by atoms with Crippen molar-refractivity contribution in [2.75, 3.05) is 13.7 Å². The molecule has 5 atom stereocenters. The zero-order chi connectivity index (χ0) is 31.5. The lowest BCUT2D eigenvalue weighted by atomic mass is 10.0. The van der Waals surface area contributed by atoms with Gasteiger partial charge in [0.05, 0.1) is 10.6 Å². The highest BCUT2D eigenvalue weighted by atomic mass is 79.9. The van der Waals surface area contributed by atoms with Crippen LogP contribution >= 0.6 is 23.7 Å². The first-order valence-corrected chi connectivity index (χ1v) is 14.9. The molecule has 0 spiro atoms. The minimum Gasteiger partial charge on any atom is -0.462 e. The molecule has 230 valence electrons. The molecule has 2 unspecified atom stereocenters. The molecule has 0 saturated carbocycles. The van der Waals surface area contributed by atoms with Gasteiger partial charge in [-0.1, -0.05) is 30.3 Å². The van der Waals surface area contributed by atoms with Crippen molar-refractivity contribution in [1.29, 1.82) is 0 Å². The zero-order valence-corrected chi connectivity index (χ0v) is 25.8. The average molecular weight is 678 g/mol. The van der Waals surface area contributed by atoms with E-state index in [0.717, 1.165) is 18.7 Å². The van der Waals surface area contributed by atoms with E-state index in [2.05, 4.69) is 21.0 Å². The number of nitrogens with one attached hydrogen (secondary N) is 2. The molecular weight excluding hydrogens is 647 g/mol. The van der Waals surface area contributed by atoms with Crippen molar-refractivity contribution in [3.63, 3.8) is 0 Å². The molecule has 0 bridgehead atoms. The van der Waals surface area contributed by atoms with Crippen molar-refractivity contribution in [2.24, 2.45) is 0 Å². The smallest absolute Gasteiger partial charge is 0.459 e. The quantitative estimate of drug-likeness (QED) is 0.179. The molecule has 0 aliphatic rings. The lowest BCUT2D eigenvalue weighted by Gasteiger charge is -2.37. The molecule has 42 heavy (non-hydrogen) atoms. The lowest BCUT2D eigenvalue weighted by molar-refractivity contribution is -0.255. The average Bonchev–Trinajstić information content (AvgIpc) is 2.92.